The summed E-state index contributed by atoms with van der Waals surface area (Å²) in [6, 6.07) is 4.97. The van der Waals surface area contributed by atoms with Gasteiger partial charge in [0.15, 0.2) is 0 Å². The molecular weight excluding hydrogens is 312 g/mol. The van der Waals surface area contributed by atoms with Crippen molar-refractivity contribution >= 4 is 6.08 Å². The molecule has 1 aromatic rings. The summed E-state index contributed by atoms with van der Waals surface area (Å²) in [7, 11) is 0. The van der Waals surface area contributed by atoms with Crippen molar-refractivity contribution in [2.75, 3.05) is 0 Å². The van der Waals surface area contributed by atoms with Gasteiger partial charge in [-0.1, -0.05) is 82.6 Å². The summed E-state index contributed by atoms with van der Waals surface area (Å²) in [6.45, 7) is 4.21. The highest BCUT2D eigenvalue weighted by atomic mass is 14.3. The molecule has 0 bridgehead atoms. The normalized spacial score (nSPS) is 23.8. The Kier molecular flexibility index (Phi) is 6.18. The van der Waals surface area contributed by atoms with Crippen LogP contribution in [0.25, 0.3) is 6.08 Å². The van der Waals surface area contributed by atoms with Crippen LogP contribution in [0, 0.1) is 0 Å². The second-order valence-electron chi connectivity index (χ2n) is 9.28. The summed E-state index contributed by atoms with van der Waals surface area (Å²) in [5.74, 6) is 2.47. The van der Waals surface area contributed by atoms with Gasteiger partial charge >= 0.3 is 0 Å². The van der Waals surface area contributed by atoms with Crippen molar-refractivity contribution in [1.82, 2.24) is 0 Å². The molecule has 0 saturated heterocycles. The number of benzene rings is 1. The van der Waals surface area contributed by atoms with E-state index in [0.717, 1.165) is 17.8 Å². The van der Waals surface area contributed by atoms with Crippen LogP contribution in [0.3, 0.4) is 0 Å². The van der Waals surface area contributed by atoms with Gasteiger partial charge in [-0.15, -0.1) is 0 Å². The molecule has 0 atom stereocenters. The lowest BCUT2D eigenvalue weighted by Crippen LogP contribution is -2.18. The lowest BCUT2D eigenvalue weighted by molar-refractivity contribution is 0.404. The molecule has 0 N–H and O–H groups in total. The van der Waals surface area contributed by atoms with Gasteiger partial charge < -0.3 is 0 Å². The van der Waals surface area contributed by atoms with E-state index in [4.69, 9.17) is 0 Å². The Balaban J connectivity index is 1.80. The average molecular weight is 351 g/mol. The van der Waals surface area contributed by atoms with E-state index in [0.29, 0.717) is 0 Å². The smallest absolute Gasteiger partial charge is 0.0153 e. The molecule has 0 heterocycles. The summed E-state index contributed by atoms with van der Waals surface area (Å²) in [4.78, 5) is 0. The Morgan fingerprint density at radius 2 is 1.04 bits per heavy atom. The molecule has 26 heavy (non-hydrogen) atoms. The summed E-state index contributed by atoms with van der Waals surface area (Å²) in [6.07, 6.45) is 23.7. The van der Waals surface area contributed by atoms with E-state index in [-0.39, 0.29) is 0 Å². The second-order valence-corrected chi connectivity index (χ2v) is 9.28. The van der Waals surface area contributed by atoms with Crippen molar-refractivity contribution < 1.29 is 0 Å². The molecule has 0 aromatic heterocycles. The predicted molar refractivity (Wildman–Crippen MR) is 114 cm³/mol. The summed E-state index contributed by atoms with van der Waals surface area (Å²) in [5.41, 5.74) is 6.83. The van der Waals surface area contributed by atoms with Gasteiger partial charge in [0, 0.05) is 0 Å². The molecule has 0 radical (unpaired) electrons. The van der Waals surface area contributed by atoms with Crippen LogP contribution in [-0.2, 0) is 0 Å². The average Bonchev–Trinajstić information content (AvgIpc) is 2.74. The number of rotatable bonds is 4. The number of hydrogen-bond acceptors (Lipinski definition) is 0. The molecule has 0 unspecified atom stereocenters. The first-order valence-electron chi connectivity index (χ1n) is 11.7. The van der Waals surface area contributed by atoms with E-state index in [1.54, 1.807) is 11.1 Å². The molecule has 3 aliphatic rings. The Morgan fingerprint density at radius 1 is 0.577 bits per heavy atom. The van der Waals surface area contributed by atoms with E-state index < -0.39 is 0 Å². The van der Waals surface area contributed by atoms with Crippen molar-refractivity contribution in [1.29, 1.82) is 0 Å². The molecule has 3 fully saturated rings. The van der Waals surface area contributed by atoms with Gasteiger partial charge in [0.2, 0.25) is 0 Å². The highest BCUT2D eigenvalue weighted by Crippen LogP contribution is 2.47. The van der Waals surface area contributed by atoms with E-state index in [9.17, 15) is 0 Å². The van der Waals surface area contributed by atoms with Crippen LogP contribution in [0.1, 0.15) is 136 Å². The lowest BCUT2D eigenvalue weighted by Gasteiger charge is -2.35. The Labute approximate surface area is 161 Å². The summed E-state index contributed by atoms with van der Waals surface area (Å²) in [5, 5.41) is 0. The highest BCUT2D eigenvalue weighted by molar-refractivity contribution is 5.59. The molecule has 3 aliphatic carbocycles. The van der Waals surface area contributed by atoms with Crippen molar-refractivity contribution in [2.45, 2.75) is 114 Å². The van der Waals surface area contributed by atoms with E-state index in [1.807, 2.05) is 5.56 Å². The maximum Gasteiger partial charge on any atom is -0.0153 e. The maximum atomic E-state index is 4.21. The Bertz CT molecular complexity index is 593. The SMILES string of the molecule is C=Cc1ccc(C2CCCCC2)c(C2CCCCC2)c1C1CCCCC1. The Hall–Kier alpha value is -1.04. The second kappa shape index (κ2) is 8.77. The first-order chi connectivity index (χ1) is 12.9. The molecule has 0 spiro atoms. The fourth-order valence-corrected chi connectivity index (χ4v) is 6.31. The minimum atomic E-state index is 0.803. The topological polar surface area (TPSA) is 0 Å². The van der Waals surface area contributed by atoms with Crippen LogP contribution < -0.4 is 0 Å². The molecule has 0 aliphatic heterocycles. The molecule has 0 heteroatoms. The zero-order chi connectivity index (χ0) is 17.8. The maximum absolute atomic E-state index is 4.21. The monoisotopic (exact) mass is 350 g/mol. The van der Waals surface area contributed by atoms with E-state index in [1.165, 1.54) is 102 Å². The first kappa shape index (κ1) is 18.3. The molecule has 4 rings (SSSR count). The third-order valence-corrected chi connectivity index (χ3v) is 7.65. The van der Waals surface area contributed by atoms with Crippen LogP contribution in [-0.4, -0.2) is 0 Å². The number of hydrogen-bond donors (Lipinski definition) is 0. The fourth-order valence-electron chi connectivity index (χ4n) is 6.31. The van der Waals surface area contributed by atoms with E-state index in [2.05, 4.69) is 24.8 Å². The first-order valence-corrected chi connectivity index (χ1v) is 11.7. The molecule has 0 amide bonds. The molecular formula is C26H38. The van der Waals surface area contributed by atoms with E-state index >= 15 is 0 Å². The summed E-state index contributed by atoms with van der Waals surface area (Å²) < 4.78 is 0. The van der Waals surface area contributed by atoms with Crippen LogP contribution in [0.4, 0.5) is 0 Å². The van der Waals surface area contributed by atoms with Gasteiger partial charge in [0.1, 0.15) is 0 Å². The third kappa shape index (κ3) is 3.80. The molecule has 1 aromatic carbocycles. The van der Waals surface area contributed by atoms with Gasteiger partial charge in [-0.3, -0.25) is 0 Å². The van der Waals surface area contributed by atoms with Crippen molar-refractivity contribution in [3.63, 3.8) is 0 Å². The van der Waals surface area contributed by atoms with Crippen LogP contribution in [0.5, 0.6) is 0 Å². The highest BCUT2D eigenvalue weighted by Gasteiger charge is 2.30. The third-order valence-electron chi connectivity index (χ3n) is 7.65. The van der Waals surface area contributed by atoms with Crippen LogP contribution in [0.15, 0.2) is 18.7 Å². The Morgan fingerprint density at radius 3 is 1.54 bits per heavy atom. The molecule has 0 nitrogen and oxygen atoms in total. The summed E-state index contributed by atoms with van der Waals surface area (Å²) >= 11 is 0. The van der Waals surface area contributed by atoms with Crippen molar-refractivity contribution in [2.24, 2.45) is 0 Å². The molecule has 3 saturated carbocycles. The van der Waals surface area contributed by atoms with Crippen molar-refractivity contribution in [3.8, 4) is 0 Å². The van der Waals surface area contributed by atoms with Gasteiger partial charge in [-0.05, 0) is 78.5 Å². The van der Waals surface area contributed by atoms with Crippen LogP contribution in [0.2, 0.25) is 0 Å². The van der Waals surface area contributed by atoms with Gasteiger partial charge in [0.25, 0.3) is 0 Å². The molecule has 142 valence electrons. The van der Waals surface area contributed by atoms with Crippen LogP contribution >= 0.6 is 0 Å². The predicted octanol–water partition coefficient (Wildman–Crippen LogP) is 8.47. The van der Waals surface area contributed by atoms with Gasteiger partial charge in [-0.2, -0.15) is 0 Å². The van der Waals surface area contributed by atoms with Crippen molar-refractivity contribution in [3.05, 3.63) is 41.0 Å². The lowest BCUT2D eigenvalue weighted by atomic mass is 9.69. The minimum Gasteiger partial charge on any atom is -0.0985 e. The zero-order valence-corrected chi connectivity index (χ0v) is 16.8. The standard InChI is InChI=1S/C26H38/c1-2-20-18-19-24(21-12-6-3-7-13-21)26(23-16-10-5-11-17-23)25(20)22-14-8-4-9-15-22/h2,18-19,21-23H,1,3-17H2. The zero-order valence-electron chi connectivity index (χ0n) is 16.8. The van der Waals surface area contributed by atoms with Gasteiger partial charge in [-0.25, -0.2) is 0 Å². The quantitative estimate of drug-likeness (QED) is 0.510. The minimum absolute atomic E-state index is 0.803. The fraction of sp³-hybridized carbons (Fsp3) is 0.692. The van der Waals surface area contributed by atoms with Gasteiger partial charge in [0.05, 0.1) is 0 Å². The largest absolute Gasteiger partial charge is 0.0985 e.